The van der Waals surface area contributed by atoms with Gasteiger partial charge < -0.3 is 10.6 Å². The van der Waals surface area contributed by atoms with Gasteiger partial charge >= 0.3 is 0 Å². The highest BCUT2D eigenvalue weighted by molar-refractivity contribution is 6.33. The van der Waals surface area contributed by atoms with E-state index < -0.39 is 0 Å². The average Bonchev–Trinajstić information content (AvgIpc) is 2.53. The van der Waals surface area contributed by atoms with Crippen LogP contribution in [0.2, 0.25) is 5.02 Å². The molecule has 0 radical (unpaired) electrons. The maximum atomic E-state index is 6.07. The van der Waals surface area contributed by atoms with Crippen molar-refractivity contribution in [3.05, 3.63) is 29.3 Å². The monoisotopic (exact) mass is 196 g/mol. The molecule has 1 atom stereocenters. The molecule has 1 aliphatic heterocycles. The van der Waals surface area contributed by atoms with Gasteiger partial charge in [0.15, 0.2) is 0 Å². The predicted molar refractivity (Wildman–Crippen MR) is 56.3 cm³/mol. The first-order valence-corrected chi connectivity index (χ1v) is 4.90. The molecule has 0 amide bonds. The van der Waals surface area contributed by atoms with Gasteiger partial charge in [0, 0.05) is 19.1 Å². The van der Waals surface area contributed by atoms with Crippen LogP contribution in [-0.2, 0) is 0 Å². The Labute approximate surface area is 83.3 Å². The number of hydrogen-bond acceptors (Lipinski definition) is 2. The van der Waals surface area contributed by atoms with Gasteiger partial charge in [-0.2, -0.15) is 0 Å². The Morgan fingerprint density at radius 1 is 1.38 bits per heavy atom. The van der Waals surface area contributed by atoms with Crippen LogP contribution in [0.5, 0.6) is 0 Å². The number of benzene rings is 1. The molecule has 0 spiro atoms. The van der Waals surface area contributed by atoms with E-state index in [0.29, 0.717) is 6.04 Å². The molecule has 2 nitrogen and oxygen atoms in total. The summed E-state index contributed by atoms with van der Waals surface area (Å²) < 4.78 is 0. The fraction of sp³-hybridized carbons (Fsp3) is 0.400. The summed E-state index contributed by atoms with van der Waals surface area (Å²) in [4.78, 5) is 2.24. The van der Waals surface area contributed by atoms with E-state index in [9.17, 15) is 0 Å². The van der Waals surface area contributed by atoms with E-state index in [4.69, 9.17) is 17.3 Å². The normalized spacial score (nSPS) is 22.3. The lowest BCUT2D eigenvalue weighted by Gasteiger charge is -2.19. The van der Waals surface area contributed by atoms with Crippen LogP contribution in [-0.4, -0.2) is 19.1 Å². The van der Waals surface area contributed by atoms with Crippen molar-refractivity contribution in [1.82, 2.24) is 0 Å². The Morgan fingerprint density at radius 3 is 2.77 bits per heavy atom. The molecule has 13 heavy (non-hydrogen) atoms. The van der Waals surface area contributed by atoms with E-state index in [0.717, 1.165) is 30.2 Å². The van der Waals surface area contributed by atoms with E-state index in [-0.39, 0.29) is 0 Å². The molecule has 0 aliphatic carbocycles. The molecule has 0 aromatic heterocycles. The van der Waals surface area contributed by atoms with Gasteiger partial charge in [-0.1, -0.05) is 23.7 Å². The van der Waals surface area contributed by atoms with Crippen molar-refractivity contribution in [2.75, 3.05) is 18.0 Å². The Hall–Kier alpha value is -0.730. The van der Waals surface area contributed by atoms with Crippen LogP contribution in [0.4, 0.5) is 5.69 Å². The first-order valence-electron chi connectivity index (χ1n) is 4.52. The minimum Gasteiger partial charge on any atom is -0.369 e. The summed E-state index contributed by atoms with van der Waals surface area (Å²) in [5.74, 6) is 0. The van der Waals surface area contributed by atoms with Crippen LogP contribution < -0.4 is 10.6 Å². The predicted octanol–water partition coefficient (Wildman–Crippen LogP) is 1.88. The van der Waals surface area contributed by atoms with Crippen molar-refractivity contribution >= 4 is 17.3 Å². The molecule has 2 rings (SSSR count). The van der Waals surface area contributed by atoms with Gasteiger partial charge in [0.25, 0.3) is 0 Å². The minimum absolute atomic E-state index is 0.302. The number of anilines is 1. The molecule has 1 aromatic carbocycles. The number of para-hydroxylation sites is 1. The Morgan fingerprint density at radius 2 is 2.15 bits per heavy atom. The topological polar surface area (TPSA) is 29.3 Å². The maximum Gasteiger partial charge on any atom is 0.0639 e. The van der Waals surface area contributed by atoms with E-state index in [1.165, 1.54) is 0 Å². The highest BCUT2D eigenvalue weighted by Gasteiger charge is 2.20. The van der Waals surface area contributed by atoms with Crippen molar-refractivity contribution < 1.29 is 0 Å². The number of hydrogen-bond donors (Lipinski definition) is 1. The first kappa shape index (κ1) is 8.85. The second-order valence-corrected chi connectivity index (χ2v) is 3.85. The summed E-state index contributed by atoms with van der Waals surface area (Å²) >= 11 is 6.07. The molecule has 1 aliphatic rings. The van der Waals surface area contributed by atoms with Crippen molar-refractivity contribution in [1.29, 1.82) is 0 Å². The third kappa shape index (κ3) is 1.79. The SMILES string of the molecule is N[C@@H]1CCN(c2ccccc2Cl)C1. The molecule has 3 heteroatoms. The largest absolute Gasteiger partial charge is 0.369 e. The van der Waals surface area contributed by atoms with E-state index in [1.54, 1.807) is 0 Å². The van der Waals surface area contributed by atoms with Gasteiger partial charge in [0.2, 0.25) is 0 Å². The zero-order valence-electron chi connectivity index (χ0n) is 7.41. The lowest BCUT2D eigenvalue weighted by Crippen LogP contribution is -2.26. The molecule has 1 heterocycles. The molecule has 1 fully saturated rings. The maximum absolute atomic E-state index is 6.07. The highest BCUT2D eigenvalue weighted by atomic mass is 35.5. The summed E-state index contributed by atoms with van der Waals surface area (Å²) in [5, 5.41) is 0.816. The molecule has 1 saturated heterocycles. The molecule has 70 valence electrons. The molecule has 0 saturated carbocycles. The summed E-state index contributed by atoms with van der Waals surface area (Å²) in [7, 11) is 0. The van der Waals surface area contributed by atoms with Crippen molar-refractivity contribution in [3.8, 4) is 0 Å². The van der Waals surface area contributed by atoms with Crippen LogP contribution in [0.1, 0.15) is 6.42 Å². The van der Waals surface area contributed by atoms with Crippen molar-refractivity contribution in [3.63, 3.8) is 0 Å². The number of rotatable bonds is 1. The zero-order valence-corrected chi connectivity index (χ0v) is 8.17. The van der Waals surface area contributed by atoms with Crippen LogP contribution >= 0.6 is 11.6 Å². The van der Waals surface area contributed by atoms with E-state index in [2.05, 4.69) is 4.90 Å². The average molecular weight is 197 g/mol. The smallest absolute Gasteiger partial charge is 0.0639 e. The Bertz CT molecular complexity index is 301. The number of nitrogens with zero attached hydrogens (tertiary/aromatic N) is 1. The van der Waals surface area contributed by atoms with Gasteiger partial charge in [0.05, 0.1) is 10.7 Å². The molecular weight excluding hydrogens is 184 g/mol. The van der Waals surface area contributed by atoms with Gasteiger partial charge in [-0.15, -0.1) is 0 Å². The number of halogens is 1. The highest BCUT2D eigenvalue weighted by Crippen LogP contribution is 2.27. The molecule has 1 aromatic rings. The minimum atomic E-state index is 0.302. The lowest BCUT2D eigenvalue weighted by atomic mass is 10.3. The van der Waals surface area contributed by atoms with Crippen LogP contribution in [0, 0.1) is 0 Å². The van der Waals surface area contributed by atoms with Gasteiger partial charge in [-0.25, -0.2) is 0 Å². The summed E-state index contributed by atoms with van der Waals surface area (Å²) in [6, 6.07) is 8.21. The Kier molecular flexibility index (Phi) is 2.42. The van der Waals surface area contributed by atoms with Gasteiger partial charge in [0.1, 0.15) is 0 Å². The molecule has 0 unspecified atom stereocenters. The zero-order chi connectivity index (χ0) is 9.26. The standard InChI is InChI=1S/C10H13ClN2/c11-9-3-1-2-4-10(9)13-6-5-8(12)7-13/h1-4,8H,5-7,12H2/t8-/m1/s1. The second kappa shape index (κ2) is 3.56. The van der Waals surface area contributed by atoms with Crippen LogP contribution in [0.15, 0.2) is 24.3 Å². The van der Waals surface area contributed by atoms with Crippen LogP contribution in [0.25, 0.3) is 0 Å². The first-order chi connectivity index (χ1) is 6.27. The van der Waals surface area contributed by atoms with Crippen molar-refractivity contribution in [2.24, 2.45) is 5.73 Å². The van der Waals surface area contributed by atoms with Crippen molar-refractivity contribution in [2.45, 2.75) is 12.5 Å². The van der Waals surface area contributed by atoms with Gasteiger partial charge in [-0.05, 0) is 18.6 Å². The summed E-state index contributed by atoms with van der Waals surface area (Å²) in [6.07, 6.45) is 1.06. The van der Waals surface area contributed by atoms with Gasteiger partial charge in [-0.3, -0.25) is 0 Å². The lowest BCUT2D eigenvalue weighted by molar-refractivity contribution is 0.752. The third-order valence-corrected chi connectivity index (χ3v) is 2.74. The number of nitrogens with two attached hydrogens (primary N) is 1. The fourth-order valence-corrected chi connectivity index (χ4v) is 1.97. The summed E-state index contributed by atoms with van der Waals surface area (Å²) in [5.41, 5.74) is 6.94. The van der Waals surface area contributed by atoms with E-state index >= 15 is 0 Å². The molecule has 0 bridgehead atoms. The second-order valence-electron chi connectivity index (χ2n) is 3.45. The quantitative estimate of drug-likeness (QED) is 0.743. The molecular formula is C10H13ClN2. The third-order valence-electron chi connectivity index (χ3n) is 2.42. The fourth-order valence-electron chi connectivity index (χ4n) is 1.71. The molecule has 2 N–H and O–H groups in total. The Balaban J connectivity index is 2.21. The van der Waals surface area contributed by atoms with Crippen LogP contribution in [0.3, 0.4) is 0 Å². The van der Waals surface area contributed by atoms with E-state index in [1.807, 2.05) is 24.3 Å². The summed E-state index contributed by atoms with van der Waals surface area (Å²) in [6.45, 7) is 1.94.